The molecule has 0 aromatic carbocycles. The summed E-state index contributed by atoms with van der Waals surface area (Å²) in [4.78, 5) is 23.7. The fourth-order valence-corrected chi connectivity index (χ4v) is 1.52. The molecule has 0 rings (SSSR count). The van der Waals surface area contributed by atoms with Crippen LogP contribution < -0.4 is 5.32 Å². The second kappa shape index (κ2) is 7.92. The molecule has 0 saturated carbocycles. The van der Waals surface area contributed by atoms with Crippen LogP contribution in [-0.2, 0) is 4.79 Å². The first kappa shape index (κ1) is 15.7. The van der Waals surface area contributed by atoms with Gasteiger partial charge in [0.2, 0.25) is 0 Å². The molecular weight excluding hydrogens is 220 g/mol. The average molecular weight is 244 g/mol. The van der Waals surface area contributed by atoms with Crippen molar-refractivity contribution in [2.45, 2.75) is 33.6 Å². The number of hydrogen-bond acceptors (Lipinski definition) is 2. The van der Waals surface area contributed by atoms with E-state index in [1.165, 1.54) is 4.90 Å². The van der Waals surface area contributed by atoms with Gasteiger partial charge in [0, 0.05) is 20.1 Å². The molecule has 1 atom stereocenters. The van der Waals surface area contributed by atoms with Crippen molar-refractivity contribution in [2.75, 3.05) is 20.1 Å². The zero-order chi connectivity index (χ0) is 13.4. The van der Waals surface area contributed by atoms with Gasteiger partial charge in [0.15, 0.2) is 0 Å². The van der Waals surface area contributed by atoms with E-state index in [-0.39, 0.29) is 12.6 Å². The van der Waals surface area contributed by atoms with Gasteiger partial charge in [-0.3, -0.25) is 4.79 Å². The molecule has 1 unspecified atom stereocenters. The lowest BCUT2D eigenvalue weighted by molar-refractivity contribution is -0.141. The number of carbonyl (C=O) groups is 2. The number of hydrogen-bond donors (Lipinski definition) is 2. The number of carboxylic acids is 1. The van der Waals surface area contributed by atoms with Crippen molar-refractivity contribution in [1.29, 1.82) is 0 Å². The van der Waals surface area contributed by atoms with Crippen molar-refractivity contribution >= 4 is 12.0 Å². The number of nitrogens with zero attached hydrogens (tertiary/aromatic N) is 1. The van der Waals surface area contributed by atoms with Gasteiger partial charge in [-0.15, -0.1) is 0 Å². The molecule has 5 heteroatoms. The Balaban J connectivity index is 4.01. The summed E-state index contributed by atoms with van der Waals surface area (Å²) in [5, 5.41) is 11.6. The van der Waals surface area contributed by atoms with Crippen LogP contribution in [0.3, 0.4) is 0 Å². The van der Waals surface area contributed by atoms with E-state index in [0.717, 1.165) is 12.8 Å². The summed E-state index contributed by atoms with van der Waals surface area (Å²) in [5.74, 6) is -0.937. The van der Waals surface area contributed by atoms with Gasteiger partial charge in [0.1, 0.15) is 0 Å². The van der Waals surface area contributed by atoms with Gasteiger partial charge >= 0.3 is 12.0 Å². The average Bonchev–Trinajstić information content (AvgIpc) is 2.29. The molecule has 100 valence electrons. The fraction of sp³-hybridized carbons (Fsp3) is 0.833. The van der Waals surface area contributed by atoms with Crippen LogP contribution in [-0.4, -0.2) is 42.1 Å². The smallest absolute Gasteiger partial charge is 0.317 e. The normalized spacial score (nSPS) is 12.3. The topological polar surface area (TPSA) is 69.6 Å². The minimum atomic E-state index is -0.885. The summed E-state index contributed by atoms with van der Waals surface area (Å²) < 4.78 is 0. The first-order valence-corrected chi connectivity index (χ1v) is 6.14. The minimum absolute atomic E-state index is 0.204. The molecule has 0 aliphatic rings. The van der Waals surface area contributed by atoms with E-state index >= 15 is 0 Å². The lowest BCUT2D eigenvalue weighted by atomic mass is 10.0. The number of carbonyl (C=O) groups excluding carboxylic acids is 1. The Labute approximate surface area is 103 Å². The summed E-state index contributed by atoms with van der Waals surface area (Å²) in [6, 6.07) is -0.204. The number of rotatable bonds is 7. The standard InChI is InChI=1S/C12H24N2O3/c1-5-10(6-2)7-13-12(17)14(4)8-9(3)11(15)16/h9-10H,5-8H2,1-4H3,(H,13,17)(H,15,16). The van der Waals surface area contributed by atoms with Crippen LogP contribution in [0.1, 0.15) is 33.6 Å². The van der Waals surface area contributed by atoms with Gasteiger partial charge < -0.3 is 15.3 Å². The van der Waals surface area contributed by atoms with Crippen LogP contribution in [0.4, 0.5) is 4.79 Å². The summed E-state index contributed by atoms with van der Waals surface area (Å²) in [5.41, 5.74) is 0. The maximum Gasteiger partial charge on any atom is 0.317 e. The molecule has 0 aliphatic heterocycles. The molecule has 0 aromatic rings. The molecule has 0 bridgehead atoms. The second-order valence-electron chi connectivity index (χ2n) is 4.49. The number of nitrogens with one attached hydrogen (secondary N) is 1. The lowest BCUT2D eigenvalue weighted by Gasteiger charge is -2.21. The van der Waals surface area contributed by atoms with Crippen molar-refractivity contribution in [3.8, 4) is 0 Å². The number of aliphatic carboxylic acids is 1. The van der Waals surface area contributed by atoms with Crippen LogP contribution in [0, 0.1) is 11.8 Å². The summed E-state index contributed by atoms with van der Waals surface area (Å²) in [6.07, 6.45) is 2.07. The molecule has 0 radical (unpaired) electrons. The van der Waals surface area contributed by atoms with Crippen LogP contribution in [0.25, 0.3) is 0 Å². The molecule has 2 N–H and O–H groups in total. The number of amides is 2. The first-order valence-electron chi connectivity index (χ1n) is 6.14. The van der Waals surface area contributed by atoms with Gasteiger partial charge in [-0.2, -0.15) is 0 Å². The van der Waals surface area contributed by atoms with Crippen molar-refractivity contribution < 1.29 is 14.7 Å². The third-order valence-corrected chi connectivity index (χ3v) is 3.01. The monoisotopic (exact) mass is 244 g/mol. The van der Waals surface area contributed by atoms with E-state index in [9.17, 15) is 9.59 Å². The fourth-order valence-electron chi connectivity index (χ4n) is 1.52. The highest BCUT2D eigenvalue weighted by molar-refractivity contribution is 5.75. The van der Waals surface area contributed by atoms with Crippen LogP contribution in [0.5, 0.6) is 0 Å². The molecule has 0 saturated heterocycles. The van der Waals surface area contributed by atoms with Crippen molar-refractivity contribution in [3.05, 3.63) is 0 Å². The van der Waals surface area contributed by atoms with E-state index in [0.29, 0.717) is 12.5 Å². The Morgan fingerprint density at radius 3 is 2.24 bits per heavy atom. The van der Waals surface area contributed by atoms with E-state index in [2.05, 4.69) is 19.2 Å². The quantitative estimate of drug-likeness (QED) is 0.717. The van der Waals surface area contributed by atoms with E-state index < -0.39 is 11.9 Å². The highest BCUT2D eigenvalue weighted by Gasteiger charge is 2.17. The van der Waals surface area contributed by atoms with E-state index in [1.807, 2.05) is 0 Å². The molecular formula is C12H24N2O3. The van der Waals surface area contributed by atoms with Crippen LogP contribution in [0.2, 0.25) is 0 Å². The van der Waals surface area contributed by atoms with Gasteiger partial charge in [-0.25, -0.2) is 4.79 Å². The highest BCUT2D eigenvalue weighted by atomic mass is 16.4. The zero-order valence-corrected chi connectivity index (χ0v) is 11.2. The largest absolute Gasteiger partial charge is 0.481 e. The zero-order valence-electron chi connectivity index (χ0n) is 11.2. The highest BCUT2D eigenvalue weighted by Crippen LogP contribution is 2.05. The molecule has 0 aliphatic carbocycles. The van der Waals surface area contributed by atoms with Crippen LogP contribution >= 0.6 is 0 Å². The van der Waals surface area contributed by atoms with Crippen LogP contribution in [0.15, 0.2) is 0 Å². The molecule has 0 spiro atoms. The summed E-state index contributed by atoms with van der Waals surface area (Å²) in [6.45, 7) is 6.65. The van der Waals surface area contributed by atoms with Crippen molar-refractivity contribution in [2.24, 2.45) is 11.8 Å². The molecule has 0 heterocycles. The Morgan fingerprint density at radius 1 is 1.29 bits per heavy atom. The summed E-state index contributed by atoms with van der Waals surface area (Å²) >= 11 is 0. The van der Waals surface area contributed by atoms with E-state index in [1.54, 1.807) is 14.0 Å². The van der Waals surface area contributed by atoms with Gasteiger partial charge in [-0.1, -0.05) is 33.6 Å². The van der Waals surface area contributed by atoms with Gasteiger partial charge in [0.25, 0.3) is 0 Å². The maximum atomic E-state index is 11.7. The molecule has 5 nitrogen and oxygen atoms in total. The maximum absolute atomic E-state index is 11.7. The van der Waals surface area contributed by atoms with E-state index in [4.69, 9.17) is 5.11 Å². The van der Waals surface area contributed by atoms with Crippen molar-refractivity contribution in [3.63, 3.8) is 0 Å². The van der Waals surface area contributed by atoms with Crippen molar-refractivity contribution in [1.82, 2.24) is 10.2 Å². The Morgan fingerprint density at radius 2 is 1.82 bits per heavy atom. The predicted octanol–water partition coefficient (Wildman–Crippen LogP) is 1.78. The molecule has 17 heavy (non-hydrogen) atoms. The lowest BCUT2D eigenvalue weighted by Crippen LogP contribution is -2.42. The molecule has 0 aromatic heterocycles. The Kier molecular flexibility index (Phi) is 7.34. The third-order valence-electron chi connectivity index (χ3n) is 3.01. The number of urea groups is 1. The van der Waals surface area contributed by atoms with Gasteiger partial charge in [0.05, 0.1) is 5.92 Å². The summed E-state index contributed by atoms with van der Waals surface area (Å²) in [7, 11) is 1.61. The minimum Gasteiger partial charge on any atom is -0.481 e. The molecule has 0 fully saturated rings. The first-order chi connectivity index (χ1) is 7.92. The Hall–Kier alpha value is -1.26. The van der Waals surface area contributed by atoms with Gasteiger partial charge in [-0.05, 0) is 5.92 Å². The third kappa shape index (κ3) is 6.14. The molecule has 2 amide bonds. The Bertz CT molecular complexity index is 252. The second-order valence-corrected chi connectivity index (χ2v) is 4.49. The SMILES string of the molecule is CCC(CC)CNC(=O)N(C)CC(C)C(=O)O. The predicted molar refractivity (Wildman–Crippen MR) is 66.9 cm³/mol. The number of carboxylic acid groups (broad SMARTS) is 1.